The van der Waals surface area contributed by atoms with E-state index in [0.29, 0.717) is 13.0 Å². The van der Waals surface area contributed by atoms with E-state index in [2.05, 4.69) is 0 Å². The van der Waals surface area contributed by atoms with Crippen molar-refractivity contribution in [2.24, 2.45) is 7.05 Å². The van der Waals surface area contributed by atoms with Gasteiger partial charge in [0.05, 0.1) is 28.8 Å². The zero-order chi connectivity index (χ0) is 23.2. The number of benzene rings is 2. The highest BCUT2D eigenvalue weighted by molar-refractivity contribution is 6.47. The van der Waals surface area contributed by atoms with Crippen LogP contribution >= 0.6 is 23.2 Å². The van der Waals surface area contributed by atoms with Crippen molar-refractivity contribution >= 4 is 51.6 Å². The number of hydrogen-bond donors (Lipinski definition) is 1. The molecule has 0 aliphatic carbocycles. The fraction of sp³-hybridized carbons (Fsp3) is 0.250. The minimum Gasteiger partial charge on any atom is -0.507 e. The molecule has 3 aromatic rings. The molecule has 4 rings (SSSR count). The smallest absolute Gasteiger partial charge is 0.295 e. The van der Waals surface area contributed by atoms with E-state index in [1.54, 1.807) is 0 Å². The number of ketones is 1. The molecule has 1 unspecified atom stereocenters. The average Bonchev–Trinajstić information content (AvgIpc) is 3.22. The number of aromatic nitrogens is 1. The largest absolute Gasteiger partial charge is 0.507 e. The van der Waals surface area contributed by atoms with Gasteiger partial charge in [0.25, 0.3) is 11.7 Å². The molecule has 1 atom stereocenters. The first-order valence-electron chi connectivity index (χ1n) is 10.2. The summed E-state index contributed by atoms with van der Waals surface area (Å²) in [6.07, 6.45) is 2.56. The molecule has 6 nitrogen and oxygen atoms in total. The second-order valence-corrected chi connectivity index (χ2v) is 8.49. The van der Waals surface area contributed by atoms with Crippen LogP contribution in [0.4, 0.5) is 0 Å². The summed E-state index contributed by atoms with van der Waals surface area (Å²) in [5.41, 5.74) is 1.97. The first-order chi connectivity index (χ1) is 15.3. The molecule has 32 heavy (non-hydrogen) atoms. The van der Waals surface area contributed by atoms with Gasteiger partial charge in [0, 0.05) is 41.8 Å². The van der Waals surface area contributed by atoms with Gasteiger partial charge in [-0.05, 0) is 24.6 Å². The van der Waals surface area contributed by atoms with Gasteiger partial charge < -0.3 is 19.3 Å². The number of rotatable bonds is 5. The summed E-state index contributed by atoms with van der Waals surface area (Å²) in [6, 6.07) is 9.94. The van der Waals surface area contributed by atoms with Crippen LogP contribution in [0.3, 0.4) is 0 Å². The second kappa shape index (κ2) is 8.52. The number of halogens is 2. The molecule has 1 aromatic heterocycles. The normalized spacial score (nSPS) is 18.0. The molecule has 1 aliphatic heterocycles. The van der Waals surface area contributed by atoms with Gasteiger partial charge in [-0.3, -0.25) is 9.59 Å². The van der Waals surface area contributed by atoms with Gasteiger partial charge in [0.2, 0.25) is 0 Å². The van der Waals surface area contributed by atoms with Crippen molar-refractivity contribution in [3.05, 3.63) is 69.3 Å². The van der Waals surface area contributed by atoms with Crippen LogP contribution in [-0.2, 0) is 16.6 Å². The fourth-order valence-corrected chi connectivity index (χ4v) is 4.95. The van der Waals surface area contributed by atoms with Crippen LogP contribution in [0.25, 0.3) is 16.7 Å². The third-order valence-electron chi connectivity index (χ3n) is 5.70. The first-order valence-corrected chi connectivity index (χ1v) is 10.9. The molecule has 0 saturated carbocycles. The van der Waals surface area contributed by atoms with Crippen molar-refractivity contribution < 1.29 is 19.4 Å². The Kier molecular flexibility index (Phi) is 5.93. The molecule has 1 amide bonds. The molecule has 0 bridgehead atoms. The summed E-state index contributed by atoms with van der Waals surface area (Å²) in [5, 5.41) is 12.5. The highest BCUT2D eigenvalue weighted by Gasteiger charge is 2.46. The minimum absolute atomic E-state index is 0.0112. The average molecular weight is 473 g/mol. The van der Waals surface area contributed by atoms with Crippen molar-refractivity contribution in [2.75, 3.05) is 13.7 Å². The SMILES string of the molecule is CCCN1C(=O)C(=O)/C(=C(/O)c2cc(Cl)c(OC)c(Cl)c2)C1c1cn(C)c2ccccc12. The van der Waals surface area contributed by atoms with Crippen LogP contribution in [0.2, 0.25) is 10.0 Å². The van der Waals surface area contributed by atoms with E-state index in [1.807, 2.05) is 49.0 Å². The molecular formula is C24H22Cl2N2O4. The molecule has 166 valence electrons. The summed E-state index contributed by atoms with van der Waals surface area (Å²) in [7, 11) is 3.34. The Morgan fingerprint density at radius 3 is 2.44 bits per heavy atom. The Morgan fingerprint density at radius 1 is 1.16 bits per heavy atom. The molecule has 1 N–H and O–H groups in total. The maximum atomic E-state index is 13.1. The number of ether oxygens (including phenoxy) is 1. The Balaban J connectivity index is 1.98. The monoisotopic (exact) mass is 472 g/mol. The Morgan fingerprint density at radius 2 is 1.81 bits per heavy atom. The van der Waals surface area contributed by atoms with Gasteiger partial charge in [0.1, 0.15) is 5.76 Å². The van der Waals surface area contributed by atoms with E-state index >= 15 is 0 Å². The Labute approximate surface area is 195 Å². The quantitative estimate of drug-likeness (QED) is 0.309. The van der Waals surface area contributed by atoms with E-state index in [9.17, 15) is 14.7 Å². The molecule has 0 spiro atoms. The summed E-state index contributed by atoms with van der Waals surface area (Å²) < 4.78 is 7.11. The summed E-state index contributed by atoms with van der Waals surface area (Å²) >= 11 is 12.5. The minimum atomic E-state index is -0.739. The molecule has 1 aliphatic rings. The van der Waals surface area contributed by atoms with Crippen molar-refractivity contribution in [1.29, 1.82) is 0 Å². The lowest BCUT2D eigenvalue weighted by atomic mass is 9.95. The summed E-state index contributed by atoms with van der Waals surface area (Å²) in [4.78, 5) is 27.6. The van der Waals surface area contributed by atoms with Gasteiger partial charge in [-0.1, -0.05) is 48.3 Å². The van der Waals surface area contributed by atoms with Crippen LogP contribution in [0.5, 0.6) is 5.75 Å². The van der Waals surface area contributed by atoms with Gasteiger partial charge in [-0.2, -0.15) is 0 Å². The Hall–Kier alpha value is -2.96. The molecule has 0 radical (unpaired) electrons. The highest BCUT2D eigenvalue weighted by atomic mass is 35.5. The van der Waals surface area contributed by atoms with Crippen LogP contribution < -0.4 is 4.74 Å². The first kappa shape index (κ1) is 22.2. The maximum Gasteiger partial charge on any atom is 0.295 e. The molecular weight excluding hydrogens is 451 g/mol. The van der Waals surface area contributed by atoms with Crippen molar-refractivity contribution in [3.63, 3.8) is 0 Å². The van der Waals surface area contributed by atoms with Gasteiger partial charge in [-0.15, -0.1) is 0 Å². The topological polar surface area (TPSA) is 71.8 Å². The van der Waals surface area contributed by atoms with Crippen molar-refractivity contribution in [2.45, 2.75) is 19.4 Å². The van der Waals surface area contributed by atoms with Crippen molar-refractivity contribution in [3.8, 4) is 5.75 Å². The number of methoxy groups -OCH3 is 1. The number of likely N-dealkylation sites (tertiary alicyclic amines) is 1. The molecule has 2 aromatic carbocycles. The molecule has 1 saturated heterocycles. The highest BCUT2D eigenvalue weighted by Crippen LogP contribution is 2.44. The van der Waals surface area contributed by atoms with Gasteiger partial charge in [0.15, 0.2) is 5.75 Å². The van der Waals surface area contributed by atoms with Crippen LogP contribution in [-0.4, -0.2) is 39.9 Å². The fourth-order valence-electron chi connectivity index (χ4n) is 4.31. The van der Waals surface area contributed by atoms with Gasteiger partial charge in [-0.25, -0.2) is 0 Å². The van der Waals surface area contributed by atoms with Crippen LogP contribution in [0, 0.1) is 0 Å². The predicted molar refractivity (Wildman–Crippen MR) is 125 cm³/mol. The summed E-state index contributed by atoms with van der Waals surface area (Å²) in [5.74, 6) is -1.44. The van der Waals surface area contributed by atoms with Crippen LogP contribution in [0.15, 0.2) is 48.2 Å². The second-order valence-electron chi connectivity index (χ2n) is 7.68. The van der Waals surface area contributed by atoms with E-state index < -0.39 is 17.7 Å². The van der Waals surface area contributed by atoms with E-state index in [0.717, 1.165) is 16.5 Å². The number of hydrogen-bond acceptors (Lipinski definition) is 4. The van der Waals surface area contributed by atoms with Crippen LogP contribution in [0.1, 0.15) is 30.5 Å². The number of nitrogens with zero attached hydrogens (tertiary/aromatic N) is 2. The number of aryl methyl sites for hydroxylation is 1. The number of aliphatic hydroxyl groups is 1. The predicted octanol–water partition coefficient (Wildman–Crippen LogP) is 5.33. The van der Waals surface area contributed by atoms with Gasteiger partial charge >= 0.3 is 0 Å². The lowest BCUT2D eigenvalue weighted by molar-refractivity contribution is -0.139. The van der Waals surface area contributed by atoms with Crippen molar-refractivity contribution in [1.82, 2.24) is 9.47 Å². The third kappa shape index (κ3) is 3.44. The number of Topliss-reactive ketones (excluding diaryl/α,β-unsaturated/α-hetero) is 1. The lowest BCUT2D eigenvalue weighted by Gasteiger charge is -2.24. The lowest BCUT2D eigenvalue weighted by Crippen LogP contribution is -2.30. The third-order valence-corrected chi connectivity index (χ3v) is 6.26. The number of carbonyl (C=O) groups excluding carboxylic acids is 2. The number of amides is 1. The molecule has 8 heteroatoms. The zero-order valence-electron chi connectivity index (χ0n) is 17.9. The number of aliphatic hydroxyl groups excluding tert-OH is 1. The zero-order valence-corrected chi connectivity index (χ0v) is 19.4. The molecule has 1 fully saturated rings. The maximum absolute atomic E-state index is 13.1. The summed E-state index contributed by atoms with van der Waals surface area (Å²) in [6.45, 7) is 2.31. The standard InChI is InChI=1S/C24H22Cl2N2O4/c1-4-9-28-20(15-12-27(2)18-8-6-5-7-14(15)18)19(22(30)24(28)31)21(29)13-10-16(25)23(32-3)17(26)11-13/h5-8,10-12,20,29H,4,9H2,1-3H3/b21-19+. The van der Waals surface area contributed by atoms with E-state index in [4.69, 9.17) is 27.9 Å². The number of carbonyl (C=O) groups is 2. The number of para-hydroxylation sites is 1. The Bertz CT molecular complexity index is 1260. The van der Waals surface area contributed by atoms with E-state index in [-0.39, 0.29) is 32.7 Å². The van der Waals surface area contributed by atoms with E-state index in [1.165, 1.54) is 24.1 Å². The molecule has 2 heterocycles. The number of fused-ring (bicyclic) bond motifs is 1.